The van der Waals surface area contributed by atoms with Crippen molar-refractivity contribution in [2.45, 2.75) is 0 Å². The molecule has 1 heterocycles. The first-order valence-electron chi connectivity index (χ1n) is 8.16. The van der Waals surface area contributed by atoms with Gasteiger partial charge in [-0.15, -0.1) is 11.3 Å². The molecule has 0 unspecified atom stereocenters. The fourth-order valence-electron chi connectivity index (χ4n) is 2.29. The molecule has 0 radical (unpaired) electrons. The number of aromatic nitrogens is 1. The molecule has 2 amide bonds. The van der Waals surface area contributed by atoms with Gasteiger partial charge in [-0.3, -0.25) is 25.0 Å². The van der Waals surface area contributed by atoms with Gasteiger partial charge >= 0.3 is 0 Å². The maximum atomic E-state index is 12.7. The predicted molar refractivity (Wildman–Crippen MR) is 111 cm³/mol. The molecule has 0 bridgehead atoms. The van der Waals surface area contributed by atoms with E-state index in [-0.39, 0.29) is 16.9 Å². The molecule has 8 nitrogen and oxygen atoms in total. The molecule has 146 valence electrons. The Morgan fingerprint density at radius 1 is 1.17 bits per heavy atom. The largest absolute Gasteiger partial charge is 0.317 e. The Bertz CT molecular complexity index is 1080. The molecular formula is C19H13ClN4O4S. The summed E-state index contributed by atoms with van der Waals surface area (Å²) in [5, 5.41) is 18.6. The molecule has 3 rings (SSSR count). The van der Waals surface area contributed by atoms with Crippen molar-refractivity contribution in [3.05, 3.63) is 92.1 Å². The van der Waals surface area contributed by atoms with Crippen LogP contribution in [0.5, 0.6) is 0 Å². The van der Waals surface area contributed by atoms with Crippen molar-refractivity contribution in [2.75, 3.05) is 5.32 Å². The van der Waals surface area contributed by atoms with Crippen molar-refractivity contribution < 1.29 is 14.5 Å². The summed E-state index contributed by atoms with van der Waals surface area (Å²) in [5.41, 5.74) is 0.383. The van der Waals surface area contributed by atoms with Gasteiger partial charge < -0.3 is 5.32 Å². The van der Waals surface area contributed by atoms with Gasteiger partial charge in [0, 0.05) is 34.3 Å². The van der Waals surface area contributed by atoms with Gasteiger partial charge in [0.2, 0.25) is 0 Å². The quantitative estimate of drug-likeness (QED) is 0.348. The van der Waals surface area contributed by atoms with Gasteiger partial charge in [0.1, 0.15) is 5.70 Å². The van der Waals surface area contributed by atoms with Crippen molar-refractivity contribution in [2.24, 2.45) is 0 Å². The average Bonchev–Trinajstić information content (AvgIpc) is 3.22. The van der Waals surface area contributed by atoms with Crippen LogP contribution in [-0.4, -0.2) is 21.7 Å². The number of thiazole rings is 1. The first-order chi connectivity index (χ1) is 13.9. The molecule has 0 spiro atoms. The third-order valence-corrected chi connectivity index (χ3v) is 4.59. The highest BCUT2D eigenvalue weighted by Crippen LogP contribution is 2.17. The number of nitro benzene ring substituents is 1. The normalized spacial score (nSPS) is 11.0. The molecule has 1 aromatic heterocycles. The minimum atomic E-state index is -0.664. The minimum absolute atomic E-state index is 0.0447. The summed E-state index contributed by atoms with van der Waals surface area (Å²) in [4.78, 5) is 39.6. The molecule has 0 aliphatic rings. The van der Waals surface area contributed by atoms with Crippen molar-refractivity contribution in [3.8, 4) is 0 Å². The number of hydrogen-bond acceptors (Lipinski definition) is 6. The number of hydrogen-bond donors (Lipinski definition) is 2. The van der Waals surface area contributed by atoms with Crippen LogP contribution in [0.2, 0.25) is 5.02 Å². The van der Waals surface area contributed by atoms with Gasteiger partial charge in [-0.25, -0.2) is 4.98 Å². The Morgan fingerprint density at radius 2 is 1.93 bits per heavy atom. The van der Waals surface area contributed by atoms with E-state index in [1.807, 2.05) is 0 Å². The van der Waals surface area contributed by atoms with E-state index in [0.29, 0.717) is 15.7 Å². The standard InChI is InChI=1S/C19H13ClN4O4S/c20-14-6-4-12(5-7-14)10-16(18(26)23-19-21-8-9-29-19)22-17(25)13-2-1-3-15(11-13)24(27)28/h1-11H,(H,22,25)(H,21,23,26)/b16-10-. The van der Waals surface area contributed by atoms with Gasteiger partial charge in [0.25, 0.3) is 17.5 Å². The number of nitrogens with one attached hydrogen (secondary N) is 2. The predicted octanol–water partition coefficient (Wildman–Crippen LogP) is 4.11. The van der Waals surface area contributed by atoms with Crippen LogP contribution in [-0.2, 0) is 4.79 Å². The summed E-state index contributed by atoms with van der Waals surface area (Å²) >= 11 is 7.10. The highest BCUT2D eigenvalue weighted by molar-refractivity contribution is 7.13. The number of benzene rings is 2. The second kappa shape index (κ2) is 9.09. The van der Waals surface area contributed by atoms with Crippen LogP contribution < -0.4 is 10.6 Å². The fraction of sp³-hybridized carbons (Fsp3) is 0. The van der Waals surface area contributed by atoms with E-state index in [4.69, 9.17) is 11.6 Å². The third-order valence-electron chi connectivity index (χ3n) is 3.65. The maximum absolute atomic E-state index is 12.7. The molecule has 0 aliphatic heterocycles. The lowest BCUT2D eigenvalue weighted by Crippen LogP contribution is -2.30. The molecule has 2 N–H and O–H groups in total. The molecule has 0 atom stereocenters. The minimum Gasteiger partial charge on any atom is -0.317 e. The number of carbonyl (C=O) groups excluding carboxylic acids is 2. The summed E-state index contributed by atoms with van der Waals surface area (Å²) in [6, 6.07) is 11.9. The summed E-state index contributed by atoms with van der Waals surface area (Å²) in [7, 11) is 0. The van der Waals surface area contributed by atoms with Crippen LogP contribution in [0.1, 0.15) is 15.9 Å². The number of nitrogens with zero attached hydrogens (tertiary/aromatic N) is 2. The molecular weight excluding hydrogens is 416 g/mol. The smallest absolute Gasteiger partial charge is 0.273 e. The van der Waals surface area contributed by atoms with Gasteiger partial charge in [-0.2, -0.15) is 0 Å². The van der Waals surface area contributed by atoms with Crippen LogP contribution in [0.15, 0.2) is 65.8 Å². The van der Waals surface area contributed by atoms with E-state index in [9.17, 15) is 19.7 Å². The Balaban J connectivity index is 1.88. The first-order valence-corrected chi connectivity index (χ1v) is 9.42. The number of halogens is 1. The van der Waals surface area contributed by atoms with Crippen molar-refractivity contribution >= 4 is 51.6 Å². The maximum Gasteiger partial charge on any atom is 0.273 e. The average molecular weight is 429 g/mol. The van der Waals surface area contributed by atoms with E-state index in [1.54, 1.807) is 29.6 Å². The molecule has 0 saturated heterocycles. The van der Waals surface area contributed by atoms with Crippen LogP contribution >= 0.6 is 22.9 Å². The highest BCUT2D eigenvalue weighted by Gasteiger charge is 2.17. The zero-order valence-electron chi connectivity index (χ0n) is 14.7. The molecule has 2 aromatic carbocycles. The summed E-state index contributed by atoms with van der Waals surface area (Å²) in [5.74, 6) is -1.25. The number of nitro groups is 1. The van der Waals surface area contributed by atoms with Crippen molar-refractivity contribution in [1.82, 2.24) is 10.3 Å². The number of rotatable bonds is 6. The van der Waals surface area contributed by atoms with Gasteiger partial charge in [-0.05, 0) is 29.8 Å². The lowest BCUT2D eigenvalue weighted by atomic mass is 10.1. The number of carbonyl (C=O) groups is 2. The van der Waals surface area contributed by atoms with E-state index in [0.717, 1.165) is 6.07 Å². The van der Waals surface area contributed by atoms with E-state index in [2.05, 4.69) is 15.6 Å². The molecule has 0 fully saturated rings. The Kier molecular flexibility index (Phi) is 6.32. The lowest BCUT2D eigenvalue weighted by Gasteiger charge is -2.10. The lowest BCUT2D eigenvalue weighted by molar-refractivity contribution is -0.384. The Morgan fingerprint density at radius 3 is 2.59 bits per heavy atom. The van der Waals surface area contributed by atoms with Crippen molar-refractivity contribution in [1.29, 1.82) is 0 Å². The summed E-state index contributed by atoms with van der Waals surface area (Å²) < 4.78 is 0. The molecule has 0 saturated carbocycles. The molecule has 0 aliphatic carbocycles. The zero-order valence-corrected chi connectivity index (χ0v) is 16.2. The summed E-state index contributed by atoms with van der Waals surface area (Å²) in [6.07, 6.45) is 3.00. The second-order valence-corrected chi connectivity index (χ2v) is 6.99. The topological polar surface area (TPSA) is 114 Å². The first kappa shape index (κ1) is 20.2. The highest BCUT2D eigenvalue weighted by atomic mass is 35.5. The SMILES string of the molecule is O=C(Nc1nccs1)/C(=C/c1ccc(Cl)cc1)NC(=O)c1cccc([N+](=O)[O-])c1. The van der Waals surface area contributed by atoms with Crippen LogP contribution in [0.3, 0.4) is 0 Å². The number of non-ortho nitro benzene ring substituents is 1. The monoisotopic (exact) mass is 428 g/mol. The van der Waals surface area contributed by atoms with E-state index >= 15 is 0 Å². The Hall–Kier alpha value is -3.56. The number of amides is 2. The second-order valence-electron chi connectivity index (χ2n) is 5.66. The van der Waals surface area contributed by atoms with Gasteiger partial charge in [-0.1, -0.05) is 29.8 Å². The number of anilines is 1. The summed E-state index contributed by atoms with van der Waals surface area (Å²) in [6.45, 7) is 0. The van der Waals surface area contributed by atoms with Crippen molar-refractivity contribution in [3.63, 3.8) is 0 Å². The van der Waals surface area contributed by atoms with Crippen LogP contribution in [0, 0.1) is 10.1 Å². The van der Waals surface area contributed by atoms with E-state index in [1.165, 1.54) is 41.8 Å². The van der Waals surface area contributed by atoms with Gasteiger partial charge in [0.05, 0.1) is 4.92 Å². The van der Waals surface area contributed by atoms with E-state index < -0.39 is 16.7 Å². The third kappa shape index (κ3) is 5.47. The molecule has 3 aromatic rings. The van der Waals surface area contributed by atoms with Gasteiger partial charge in [0.15, 0.2) is 5.13 Å². The Labute approximate surface area is 174 Å². The fourth-order valence-corrected chi connectivity index (χ4v) is 2.94. The molecule has 29 heavy (non-hydrogen) atoms. The zero-order chi connectivity index (χ0) is 20.8. The molecule has 10 heteroatoms. The van der Waals surface area contributed by atoms with Crippen LogP contribution in [0.4, 0.5) is 10.8 Å². The van der Waals surface area contributed by atoms with Crippen LogP contribution in [0.25, 0.3) is 6.08 Å².